The monoisotopic (exact) mass is 162 g/mol. The van der Waals surface area contributed by atoms with E-state index < -0.39 is 10.8 Å². The molecular formula is C4H6N2OS2. The van der Waals surface area contributed by atoms with Crippen LogP contribution in [0.3, 0.4) is 0 Å². The quantitative estimate of drug-likeness (QED) is 0.606. The summed E-state index contributed by atoms with van der Waals surface area (Å²) in [6.07, 6.45) is 1.60. The van der Waals surface area contributed by atoms with Crippen molar-refractivity contribution in [1.82, 2.24) is 9.36 Å². The van der Waals surface area contributed by atoms with E-state index in [0.717, 1.165) is 0 Å². The SMILES string of the molecule is Cc1nsc(S(C)=O)n1. The molecule has 0 aliphatic rings. The summed E-state index contributed by atoms with van der Waals surface area (Å²) < 4.78 is 15.2. The molecule has 1 aromatic heterocycles. The highest BCUT2D eigenvalue weighted by Crippen LogP contribution is 2.06. The van der Waals surface area contributed by atoms with Gasteiger partial charge in [-0.3, -0.25) is 4.21 Å². The molecule has 0 radical (unpaired) electrons. The van der Waals surface area contributed by atoms with Crippen molar-refractivity contribution in [3.8, 4) is 0 Å². The Morgan fingerprint density at radius 1 is 1.67 bits per heavy atom. The molecule has 1 unspecified atom stereocenters. The van der Waals surface area contributed by atoms with E-state index in [1.54, 1.807) is 13.2 Å². The number of nitrogens with zero attached hydrogens (tertiary/aromatic N) is 2. The van der Waals surface area contributed by atoms with Crippen LogP contribution >= 0.6 is 11.5 Å². The van der Waals surface area contributed by atoms with Gasteiger partial charge in [0.05, 0.1) is 10.8 Å². The minimum Gasteiger partial charge on any atom is -0.252 e. The Labute approximate surface area is 59.8 Å². The van der Waals surface area contributed by atoms with Crippen LogP contribution in [0.15, 0.2) is 4.34 Å². The standard InChI is InChI=1S/C4H6N2OS2/c1-3-5-4(8-6-3)9(2)7/h1-2H3. The molecule has 0 bridgehead atoms. The fourth-order valence-corrected chi connectivity index (χ4v) is 1.61. The predicted molar refractivity (Wildman–Crippen MR) is 37.0 cm³/mol. The summed E-state index contributed by atoms with van der Waals surface area (Å²) in [5.74, 6) is 0.699. The van der Waals surface area contributed by atoms with Gasteiger partial charge in [0.25, 0.3) is 0 Å². The molecule has 5 heteroatoms. The first-order valence-corrected chi connectivity index (χ1v) is 4.67. The number of rotatable bonds is 1. The molecule has 0 aromatic carbocycles. The van der Waals surface area contributed by atoms with Crippen LogP contribution < -0.4 is 0 Å². The summed E-state index contributed by atoms with van der Waals surface area (Å²) in [4.78, 5) is 3.92. The molecular weight excluding hydrogens is 156 g/mol. The Morgan fingerprint density at radius 2 is 2.33 bits per heavy atom. The van der Waals surface area contributed by atoms with Gasteiger partial charge in [-0.15, -0.1) is 0 Å². The number of hydrogen-bond acceptors (Lipinski definition) is 4. The first-order valence-electron chi connectivity index (χ1n) is 2.34. The van der Waals surface area contributed by atoms with E-state index in [1.807, 2.05) is 0 Å². The highest BCUT2D eigenvalue weighted by atomic mass is 32.2. The van der Waals surface area contributed by atoms with Crippen LogP contribution in [0.25, 0.3) is 0 Å². The molecule has 3 nitrogen and oxygen atoms in total. The summed E-state index contributed by atoms with van der Waals surface area (Å²) in [6.45, 7) is 1.78. The molecule has 50 valence electrons. The van der Waals surface area contributed by atoms with E-state index in [1.165, 1.54) is 11.5 Å². The van der Waals surface area contributed by atoms with Crippen molar-refractivity contribution >= 4 is 22.3 Å². The summed E-state index contributed by atoms with van der Waals surface area (Å²) >= 11 is 1.20. The fourth-order valence-electron chi connectivity index (χ4n) is 0.395. The average Bonchev–Trinajstić information content (AvgIpc) is 2.14. The molecule has 0 aliphatic heterocycles. The van der Waals surface area contributed by atoms with Crippen molar-refractivity contribution in [2.24, 2.45) is 0 Å². The van der Waals surface area contributed by atoms with E-state index in [4.69, 9.17) is 0 Å². The first kappa shape index (κ1) is 6.82. The van der Waals surface area contributed by atoms with E-state index >= 15 is 0 Å². The van der Waals surface area contributed by atoms with Crippen LogP contribution in [0, 0.1) is 6.92 Å². The van der Waals surface area contributed by atoms with Gasteiger partial charge in [-0.05, 0) is 18.5 Å². The second-order valence-corrected chi connectivity index (χ2v) is 3.87. The third-order valence-electron chi connectivity index (χ3n) is 0.755. The highest BCUT2D eigenvalue weighted by molar-refractivity contribution is 7.86. The Bertz CT molecular complexity index is 232. The van der Waals surface area contributed by atoms with Gasteiger partial charge < -0.3 is 0 Å². The predicted octanol–water partition coefficient (Wildman–Crippen LogP) is 0.584. The normalized spacial score (nSPS) is 13.6. The lowest BCUT2D eigenvalue weighted by Crippen LogP contribution is -1.84. The molecule has 0 fully saturated rings. The summed E-state index contributed by atoms with van der Waals surface area (Å²) in [5, 5.41) is 0. The molecule has 0 saturated heterocycles. The van der Waals surface area contributed by atoms with Crippen molar-refractivity contribution in [3.05, 3.63) is 5.82 Å². The topological polar surface area (TPSA) is 42.9 Å². The maximum atomic E-state index is 10.7. The fraction of sp³-hybridized carbons (Fsp3) is 0.500. The zero-order valence-electron chi connectivity index (χ0n) is 5.12. The summed E-state index contributed by atoms with van der Waals surface area (Å²) in [7, 11) is -0.963. The van der Waals surface area contributed by atoms with Gasteiger partial charge in [0.1, 0.15) is 5.82 Å². The molecule has 0 N–H and O–H groups in total. The van der Waals surface area contributed by atoms with Gasteiger partial charge in [-0.25, -0.2) is 4.98 Å². The molecule has 1 aromatic rings. The Balaban J connectivity index is 2.98. The number of aromatic nitrogens is 2. The van der Waals surface area contributed by atoms with Crippen LogP contribution in [0.4, 0.5) is 0 Å². The van der Waals surface area contributed by atoms with Gasteiger partial charge in [-0.1, -0.05) is 0 Å². The summed E-state index contributed by atoms with van der Waals surface area (Å²) in [5.41, 5.74) is 0. The molecule has 9 heavy (non-hydrogen) atoms. The Kier molecular flexibility index (Phi) is 1.92. The molecule has 1 rings (SSSR count). The van der Waals surface area contributed by atoms with Crippen LogP contribution in [0.5, 0.6) is 0 Å². The number of aryl methyl sites for hydroxylation is 1. The van der Waals surface area contributed by atoms with E-state index in [0.29, 0.717) is 10.2 Å². The lowest BCUT2D eigenvalue weighted by molar-refractivity contribution is 0.686. The van der Waals surface area contributed by atoms with E-state index in [9.17, 15) is 4.21 Å². The summed E-state index contributed by atoms with van der Waals surface area (Å²) in [6, 6.07) is 0. The van der Waals surface area contributed by atoms with Crippen molar-refractivity contribution in [2.45, 2.75) is 11.3 Å². The van der Waals surface area contributed by atoms with Crippen molar-refractivity contribution in [1.29, 1.82) is 0 Å². The van der Waals surface area contributed by atoms with Gasteiger partial charge in [0.15, 0.2) is 4.34 Å². The van der Waals surface area contributed by atoms with E-state index in [2.05, 4.69) is 9.36 Å². The van der Waals surface area contributed by atoms with Crippen LogP contribution in [-0.4, -0.2) is 19.8 Å². The second kappa shape index (κ2) is 2.53. The second-order valence-electron chi connectivity index (χ2n) is 1.56. The molecule has 0 amide bonds. The average molecular weight is 162 g/mol. The third kappa shape index (κ3) is 1.56. The lowest BCUT2D eigenvalue weighted by Gasteiger charge is -1.79. The molecule has 1 atom stereocenters. The highest BCUT2D eigenvalue weighted by Gasteiger charge is 2.01. The maximum Gasteiger partial charge on any atom is 0.200 e. The van der Waals surface area contributed by atoms with Crippen LogP contribution in [0.1, 0.15) is 5.82 Å². The molecule has 0 aliphatic carbocycles. The minimum atomic E-state index is -0.963. The van der Waals surface area contributed by atoms with Gasteiger partial charge in [-0.2, -0.15) is 4.37 Å². The number of hydrogen-bond donors (Lipinski definition) is 0. The zero-order chi connectivity index (χ0) is 6.85. The van der Waals surface area contributed by atoms with Crippen molar-refractivity contribution in [3.63, 3.8) is 0 Å². The lowest BCUT2D eigenvalue weighted by atomic mass is 10.8. The largest absolute Gasteiger partial charge is 0.252 e. The van der Waals surface area contributed by atoms with Crippen molar-refractivity contribution < 1.29 is 4.21 Å². The smallest absolute Gasteiger partial charge is 0.200 e. The van der Waals surface area contributed by atoms with Crippen LogP contribution in [-0.2, 0) is 10.8 Å². The van der Waals surface area contributed by atoms with Gasteiger partial charge in [0.2, 0.25) is 0 Å². The third-order valence-corrected chi connectivity index (χ3v) is 2.87. The van der Waals surface area contributed by atoms with Crippen molar-refractivity contribution in [2.75, 3.05) is 6.26 Å². The maximum absolute atomic E-state index is 10.7. The van der Waals surface area contributed by atoms with Gasteiger partial charge >= 0.3 is 0 Å². The molecule has 0 saturated carbocycles. The molecule has 1 heterocycles. The first-order chi connectivity index (χ1) is 4.20. The molecule has 0 spiro atoms. The van der Waals surface area contributed by atoms with Gasteiger partial charge in [0, 0.05) is 6.26 Å². The Morgan fingerprint density at radius 3 is 2.56 bits per heavy atom. The Hall–Kier alpha value is -0.290. The van der Waals surface area contributed by atoms with Crippen LogP contribution in [0.2, 0.25) is 0 Å². The van der Waals surface area contributed by atoms with E-state index in [-0.39, 0.29) is 0 Å². The minimum absolute atomic E-state index is 0.604. The zero-order valence-corrected chi connectivity index (χ0v) is 6.75.